The third kappa shape index (κ3) is 4.81. The summed E-state index contributed by atoms with van der Waals surface area (Å²) >= 11 is 0. The van der Waals surface area contributed by atoms with Gasteiger partial charge in [0.2, 0.25) is 5.95 Å². The average molecular weight is 744 g/mol. The Bertz CT molecular complexity index is 4210. The molecule has 0 saturated carbocycles. The normalized spacial score (nSPS) is 15.3. The molecule has 0 aliphatic carbocycles. The topological polar surface area (TPSA) is 61.7 Å². The first-order valence-corrected chi connectivity index (χ1v) is 18.0. The Hall–Kier alpha value is -7.83. The molecule has 12 aromatic rings. The molecule has 266 valence electrons. The summed E-state index contributed by atoms with van der Waals surface area (Å²) in [7, 11) is 0. The van der Waals surface area contributed by atoms with E-state index in [9.17, 15) is 5.48 Å². The maximum atomic E-state index is 9.37. The lowest BCUT2D eigenvalue weighted by molar-refractivity contribution is 0.670. The van der Waals surface area contributed by atoms with Gasteiger partial charge in [-0.2, -0.15) is 9.97 Å². The smallest absolute Gasteiger partial charge is 0.238 e. The predicted molar refractivity (Wildman–Crippen MR) is 232 cm³/mol. The zero-order valence-corrected chi connectivity index (χ0v) is 29.5. The van der Waals surface area contributed by atoms with Gasteiger partial charge in [0.1, 0.15) is 11.2 Å². The first kappa shape index (κ1) is 20.7. The molecule has 0 saturated heterocycles. The Morgan fingerprint density at radius 3 is 1.77 bits per heavy atom. The molecule has 0 aliphatic rings. The van der Waals surface area contributed by atoms with Gasteiger partial charge in [-0.05, 0) is 47.9 Å². The maximum absolute atomic E-state index is 9.37. The van der Waals surface area contributed by atoms with Crippen molar-refractivity contribution in [2.24, 2.45) is 0 Å². The molecule has 0 aliphatic heterocycles. The Morgan fingerprint density at radius 1 is 0.421 bits per heavy atom. The van der Waals surface area contributed by atoms with E-state index in [4.69, 9.17) is 33.1 Å². The van der Waals surface area contributed by atoms with Crippen molar-refractivity contribution >= 4 is 65.6 Å². The second kappa shape index (κ2) is 12.3. The van der Waals surface area contributed by atoms with Crippen LogP contribution in [-0.4, -0.2) is 24.1 Å². The molecule has 0 amide bonds. The van der Waals surface area contributed by atoms with Gasteiger partial charge in [0.05, 0.1) is 46.9 Å². The van der Waals surface area contributed by atoms with Crippen molar-refractivity contribution in [3.05, 3.63) is 188 Å². The fourth-order valence-corrected chi connectivity index (χ4v) is 7.73. The molecule has 57 heavy (non-hydrogen) atoms. The van der Waals surface area contributed by atoms with Crippen molar-refractivity contribution in [2.45, 2.75) is 0 Å². The van der Waals surface area contributed by atoms with Crippen molar-refractivity contribution in [3.8, 4) is 45.5 Å². The third-order valence-electron chi connectivity index (χ3n) is 10.2. The van der Waals surface area contributed by atoms with Crippen molar-refractivity contribution in [1.29, 1.82) is 0 Å². The number of furan rings is 1. The molecule has 0 atom stereocenters. The SMILES string of the molecule is [2H]c1cc([2H])c2c(c1[2H])c1c([2H])c([2H])cc([2H])c1n2-c1cc(-c2cccc3c2oc2ccccc23)ccc1-c1nc(-c2ccccc2)nc(-n2c3c([2H])c([2H])c([2H])c([2H])c3c3c([2H])c([2H])c([2H])c([2H])c32)n1. The highest BCUT2D eigenvalue weighted by molar-refractivity contribution is 6.12. The molecule has 0 spiro atoms. The Balaban J connectivity index is 1.26. The summed E-state index contributed by atoms with van der Waals surface area (Å²) in [6.45, 7) is 0. The van der Waals surface area contributed by atoms with E-state index >= 15 is 0 Å². The highest BCUT2D eigenvalue weighted by Gasteiger charge is 2.23. The highest BCUT2D eigenvalue weighted by atomic mass is 16.3. The van der Waals surface area contributed by atoms with E-state index in [1.807, 2.05) is 42.5 Å². The second-order valence-corrected chi connectivity index (χ2v) is 13.3. The van der Waals surface area contributed by atoms with Crippen molar-refractivity contribution in [3.63, 3.8) is 0 Å². The molecule has 0 bridgehead atoms. The van der Waals surface area contributed by atoms with E-state index in [-0.39, 0.29) is 109 Å². The van der Waals surface area contributed by atoms with Crippen LogP contribution in [0.2, 0.25) is 0 Å². The van der Waals surface area contributed by atoms with Crippen LogP contribution in [0.1, 0.15) is 19.2 Å². The zero-order chi connectivity index (χ0) is 49.6. The molecule has 0 N–H and O–H groups in total. The lowest BCUT2D eigenvalue weighted by Crippen LogP contribution is -2.08. The number of benzene rings is 8. The minimum absolute atomic E-state index is 0.00991. The molecule has 0 unspecified atom stereocenters. The summed E-state index contributed by atoms with van der Waals surface area (Å²) in [5.74, 6) is -0.308. The number of fused-ring (bicyclic) bond motifs is 9. The average Bonchev–Trinajstić information content (AvgIpc) is 4.07. The van der Waals surface area contributed by atoms with Crippen molar-refractivity contribution < 1.29 is 23.6 Å². The van der Waals surface area contributed by atoms with E-state index in [2.05, 4.69) is 0 Å². The lowest BCUT2D eigenvalue weighted by Gasteiger charge is -2.17. The number of aromatic nitrogens is 5. The van der Waals surface area contributed by atoms with Gasteiger partial charge in [-0.25, -0.2) is 4.98 Å². The maximum Gasteiger partial charge on any atom is 0.238 e. The molecule has 0 fully saturated rings. The largest absolute Gasteiger partial charge is 0.455 e. The molecule has 8 aromatic carbocycles. The quantitative estimate of drug-likeness (QED) is 0.176. The molecule has 4 aromatic heterocycles. The van der Waals surface area contributed by atoms with Gasteiger partial charge in [-0.3, -0.25) is 4.57 Å². The van der Waals surface area contributed by atoms with Gasteiger partial charge in [-0.1, -0.05) is 145 Å². The molecule has 6 nitrogen and oxygen atoms in total. The van der Waals surface area contributed by atoms with E-state index < -0.39 is 48.3 Å². The van der Waals surface area contributed by atoms with Crippen LogP contribution in [0.15, 0.2) is 192 Å². The number of rotatable bonds is 5. The van der Waals surface area contributed by atoms with Crippen LogP contribution in [0.3, 0.4) is 0 Å². The number of hydrogen-bond acceptors (Lipinski definition) is 4. The number of para-hydroxylation sites is 6. The fourth-order valence-electron chi connectivity index (χ4n) is 7.73. The first-order chi connectivity index (χ1) is 34.1. The van der Waals surface area contributed by atoms with E-state index in [0.717, 1.165) is 10.8 Å². The second-order valence-electron chi connectivity index (χ2n) is 13.3. The fraction of sp³-hybridized carbons (Fsp3) is 0. The van der Waals surface area contributed by atoms with Gasteiger partial charge in [0.15, 0.2) is 11.6 Å². The van der Waals surface area contributed by atoms with Gasteiger partial charge >= 0.3 is 0 Å². The molecule has 12 rings (SSSR count). The van der Waals surface area contributed by atoms with Crippen LogP contribution in [0.4, 0.5) is 0 Å². The number of nitrogens with zero attached hydrogens (tertiary/aromatic N) is 5. The van der Waals surface area contributed by atoms with Crippen LogP contribution >= 0.6 is 0 Å². The zero-order valence-electron chi connectivity index (χ0n) is 43.5. The summed E-state index contributed by atoms with van der Waals surface area (Å²) in [4.78, 5) is 14.9. The summed E-state index contributed by atoms with van der Waals surface area (Å²) in [6, 6.07) is 23.4. The summed E-state index contributed by atoms with van der Waals surface area (Å²) < 4.78 is 135. The van der Waals surface area contributed by atoms with Crippen molar-refractivity contribution in [1.82, 2.24) is 24.1 Å². The van der Waals surface area contributed by atoms with Crippen LogP contribution in [0.5, 0.6) is 0 Å². The molecule has 4 heterocycles. The third-order valence-corrected chi connectivity index (χ3v) is 10.2. The van der Waals surface area contributed by atoms with E-state index in [1.165, 1.54) is 16.7 Å². The van der Waals surface area contributed by atoms with Crippen molar-refractivity contribution in [2.75, 3.05) is 0 Å². The Morgan fingerprint density at radius 2 is 1.04 bits per heavy atom. The van der Waals surface area contributed by atoms with Gasteiger partial charge < -0.3 is 8.98 Å². The minimum atomic E-state index is -0.630. The van der Waals surface area contributed by atoms with Crippen LogP contribution in [0, 0.1) is 0 Å². The highest BCUT2D eigenvalue weighted by Crippen LogP contribution is 2.41. The summed E-state index contributed by atoms with van der Waals surface area (Å²) in [5.41, 5.74) is 3.04. The van der Waals surface area contributed by atoms with Crippen LogP contribution in [0.25, 0.3) is 111 Å². The standard InChI is InChI=1S/C51H31N5O/c1-2-15-32(16-3-1)49-52-50(54-51(53-49)56-44-26-11-6-19-37(44)38-20-7-12-27-45(38)56)41-30-29-33(34-22-14-23-40-39-21-8-13-28-47(39)57-48(34)40)31-46(41)55-42-24-9-4-17-35(42)36-18-5-10-25-43(36)55/h1-31H/i4D,5D,6D,7D,11D,12D,17D,18D,19D,20D,24D,25D,26D,27D. The molecular formula is C51H31N5O. The Kier molecular flexibility index (Phi) is 4.49. The van der Waals surface area contributed by atoms with Crippen LogP contribution < -0.4 is 0 Å². The van der Waals surface area contributed by atoms with E-state index in [0.29, 0.717) is 27.9 Å². The van der Waals surface area contributed by atoms with Crippen LogP contribution in [-0.2, 0) is 0 Å². The minimum Gasteiger partial charge on any atom is -0.455 e. The predicted octanol–water partition coefficient (Wildman–Crippen LogP) is 13.0. The molecule has 0 radical (unpaired) electrons. The van der Waals surface area contributed by atoms with Gasteiger partial charge in [-0.15, -0.1) is 0 Å². The summed E-state index contributed by atoms with van der Waals surface area (Å²) in [5, 5.41) is 1.38. The number of hydrogen-bond donors (Lipinski definition) is 0. The Labute approximate surface area is 346 Å². The molecule has 6 heteroatoms. The first-order valence-electron chi connectivity index (χ1n) is 25.0. The van der Waals surface area contributed by atoms with E-state index in [1.54, 1.807) is 53.1 Å². The monoisotopic (exact) mass is 743 g/mol. The lowest BCUT2D eigenvalue weighted by atomic mass is 9.99. The van der Waals surface area contributed by atoms with Gasteiger partial charge in [0.25, 0.3) is 0 Å². The summed E-state index contributed by atoms with van der Waals surface area (Å²) in [6.07, 6.45) is 0. The molecular weight excluding hydrogens is 699 g/mol. The van der Waals surface area contributed by atoms with Gasteiger partial charge in [0, 0.05) is 49.0 Å².